The third-order valence-corrected chi connectivity index (χ3v) is 19.7. The molecular formula is C42H28O6P2S2. The van der Waals surface area contributed by atoms with E-state index in [1.807, 2.05) is 18.2 Å². The number of benzene rings is 7. The quantitative estimate of drug-likeness (QED) is 0.178. The van der Waals surface area contributed by atoms with Gasteiger partial charge in [0.25, 0.3) is 0 Å². The molecule has 0 radical (unpaired) electrons. The van der Waals surface area contributed by atoms with Gasteiger partial charge < -0.3 is 9.13 Å². The predicted molar refractivity (Wildman–Crippen MR) is 207 cm³/mol. The van der Waals surface area contributed by atoms with Gasteiger partial charge in [0.1, 0.15) is 0 Å². The smallest absolute Gasteiger partial charge is 0.206 e. The van der Waals surface area contributed by atoms with Crippen LogP contribution in [0.4, 0.5) is 0 Å². The van der Waals surface area contributed by atoms with E-state index in [4.69, 9.17) is 0 Å². The Hall–Kier alpha value is -5.10. The molecule has 0 aromatic heterocycles. The Morgan fingerprint density at radius 1 is 0.308 bits per heavy atom. The zero-order chi connectivity index (χ0) is 35.9. The Labute approximate surface area is 302 Å². The van der Waals surface area contributed by atoms with Gasteiger partial charge in [-0.05, 0) is 82.9 Å². The highest BCUT2D eigenvalue weighted by atomic mass is 32.2. The summed E-state index contributed by atoms with van der Waals surface area (Å²) in [4.78, 5) is 0.323. The van der Waals surface area contributed by atoms with Crippen LogP contribution in [0.15, 0.2) is 189 Å². The van der Waals surface area contributed by atoms with Crippen LogP contribution in [0.5, 0.6) is 0 Å². The van der Waals surface area contributed by atoms with Crippen molar-refractivity contribution in [2.24, 2.45) is 0 Å². The Balaban J connectivity index is 1.31. The van der Waals surface area contributed by atoms with Crippen molar-refractivity contribution in [1.29, 1.82) is 0 Å². The maximum Gasteiger partial charge on any atom is 0.206 e. The molecule has 2 aliphatic rings. The molecule has 0 amide bonds. The number of hydrogen-bond donors (Lipinski definition) is 0. The van der Waals surface area contributed by atoms with Crippen LogP contribution < -0.4 is 31.8 Å². The normalized spacial score (nSPS) is 18.6. The van der Waals surface area contributed by atoms with Crippen LogP contribution in [-0.2, 0) is 28.8 Å². The molecule has 0 spiro atoms. The van der Waals surface area contributed by atoms with E-state index >= 15 is 9.13 Å². The second kappa shape index (κ2) is 11.7. The molecule has 52 heavy (non-hydrogen) atoms. The van der Waals surface area contributed by atoms with Crippen LogP contribution in [0, 0.1) is 0 Å². The lowest BCUT2D eigenvalue weighted by Crippen LogP contribution is -2.26. The van der Waals surface area contributed by atoms with Gasteiger partial charge in [0, 0.05) is 31.8 Å². The number of sulfone groups is 2. The first-order valence-electron chi connectivity index (χ1n) is 16.5. The molecular weight excluding hydrogens is 727 g/mol. The minimum atomic E-state index is -3.94. The number of fused-ring (bicyclic) bond motifs is 6. The van der Waals surface area contributed by atoms with Crippen molar-refractivity contribution in [1.82, 2.24) is 0 Å². The highest BCUT2D eigenvalue weighted by Crippen LogP contribution is 2.58. The molecule has 7 aromatic rings. The van der Waals surface area contributed by atoms with Crippen LogP contribution in [0.3, 0.4) is 0 Å². The van der Waals surface area contributed by atoms with Gasteiger partial charge in [-0.15, -0.1) is 0 Å². The molecule has 0 aliphatic carbocycles. The molecule has 10 heteroatoms. The van der Waals surface area contributed by atoms with E-state index in [1.54, 1.807) is 115 Å². The van der Waals surface area contributed by atoms with Crippen LogP contribution in [0.1, 0.15) is 0 Å². The third kappa shape index (κ3) is 4.62. The van der Waals surface area contributed by atoms with Crippen molar-refractivity contribution >= 4 is 65.8 Å². The third-order valence-electron chi connectivity index (χ3n) is 9.96. The molecule has 2 atom stereocenters. The van der Waals surface area contributed by atoms with Gasteiger partial charge in [0.2, 0.25) is 19.7 Å². The highest BCUT2D eigenvalue weighted by molar-refractivity contribution is 7.92. The first kappa shape index (κ1) is 32.8. The Morgan fingerprint density at radius 3 is 1.00 bits per heavy atom. The largest absolute Gasteiger partial charge is 0.309 e. The summed E-state index contributed by atoms with van der Waals surface area (Å²) in [5.74, 6) is 0. The van der Waals surface area contributed by atoms with Gasteiger partial charge in [-0.3, -0.25) is 0 Å². The second-order valence-electron chi connectivity index (χ2n) is 12.8. The maximum absolute atomic E-state index is 15.9. The Morgan fingerprint density at radius 2 is 0.635 bits per heavy atom. The summed E-state index contributed by atoms with van der Waals surface area (Å²) in [5, 5.41) is 2.75. The molecule has 7 aromatic carbocycles. The van der Waals surface area contributed by atoms with Crippen molar-refractivity contribution in [3.8, 4) is 22.3 Å². The molecule has 2 unspecified atom stereocenters. The van der Waals surface area contributed by atoms with E-state index in [2.05, 4.69) is 0 Å². The van der Waals surface area contributed by atoms with E-state index in [0.717, 1.165) is 0 Å². The Kier molecular flexibility index (Phi) is 7.38. The summed E-state index contributed by atoms with van der Waals surface area (Å²) >= 11 is 0. The maximum atomic E-state index is 15.9. The molecule has 0 saturated heterocycles. The fourth-order valence-corrected chi connectivity index (χ4v) is 16.5. The minimum absolute atomic E-state index is 0.0291. The number of hydrogen-bond acceptors (Lipinski definition) is 6. The summed E-state index contributed by atoms with van der Waals surface area (Å²) in [6, 6.07) is 47.4. The van der Waals surface area contributed by atoms with Gasteiger partial charge >= 0.3 is 0 Å². The van der Waals surface area contributed by atoms with Gasteiger partial charge in [-0.1, -0.05) is 109 Å². The summed E-state index contributed by atoms with van der Waals surface area (Å²) < 4.78 is 87.0. The molecule has 9 rings (SSSR count). The summed E-state index contributed by atoms with van der Waals surface area (Å²) in [6.07, 6.45) is 0. The molecule has 0 N–H and O–H groups in total. The fourth-order valence-electron chi connectivity index (χ4n) is 7.43. The second-order valence-corrected chi connectivity index (χ2v) is 22.1. The van der Waals surface area contributed by atoms with Crippen LogP contribution in [0.2, 0.25) is 0 Å². The van der Waals surface area contributed by atoms with Crippen molar-refractivity contribution in [3.63, 3.8) is 0 Å². The molecule has 2 aliphatic heterocycles. The van der Waals surface area contributed by atoms with Gasteiger partial charge in [0.15, 0.2) is 14.3 Å². The zero-order valence-corrected chi connectivity index (χ0v) is 30.7. The fraction of sp³-hybridized carbons (Fsp3) is 0. The average molecular weight is 755 g/mol. The van der Waals surface area contributed by atoms with Crippen molar-refractivity contribution in [2.45, 2.75) is 19.6 Å². The zero-order valence-electron chi connectivity index (χ0n) is 27.3. The monoisotopic (exact) mass is 754 g/mol. The Bertz CT molecular complexity index is 2720. The van der Waals surface area contributed by atoms with E-state index in [0.29, 0.717) is 54.1 Å². The van der Waals surface area contributed by atoms with Crippen molar-refractivity contribution < 1.29 is 26.0 Å². The predicted octanol–water partition coefficient (Wildman–Crippen LogP) is 6.59. The van der Waals surface area contributed by atoms with E-state index < -0.39 is 34.0 Å². The topological polar surface area (TPSA) is 102 Å². The highest BCUT2D eigenvalue weighted by Gasteiger charge is 2.47. The van der Waals surface area contributed by atoms with Gasteiger partial charge in [0.05, 0.1) is 19.6 Å². The first-order valence-corrected chi connectivity index (χ1v) is 22.8. The lowest BCUT2D eigenvalue weighted by molar-refractivity contribution is 0.592. The van der Waals surface area contributed by atoms with Crippen LogP contribution >= 0.6 is 14.3 Å². The van der Waals surface area contributed by atoms with Crippen molar-refractivity contribution in [2.75, 3.05) is 0 Å². The first-order chi connectivity index (χ1) is 25.1. The molecule has 0 bridgehead atoms. The minimum Gasteiger partial charge on any atom is -0.309 e. The van der Waals surface area contributed by atoms with Gasteiger partial charge in [-0.25, -0.2) is 16.8 Å². The standard InChI is InChI=1S/C42H28O6P2S2/c43-49(29-13-5-1-6-14-29)39-25-33(51(45,46)31-17-9-3-10-18-31)21-23-35(39)37-27-38-36-24-22-34(52(47,48)32-19-11-4-12-20-32)26-40(36)50(44,42(38)28-41(37)49)30-15-7-2-8-16-30/h1-28H. The van der Waals surface area contributed by atoms with E-state index in [1.165, 1.54) is 36.4 Å². The van der Waals surface area contributed by atoms with Crippen LogP contribution in [0.25, 0.3) is 22.3 Å². The number of rotatable bonds is 6. The lowest BCUT2D eigenvalue weighted by atomic mass is 9.99. The average Bonchev–Trinajstić information content (AvgIpc) is 3.60. The van der Waals surface area contributed by atoms with Gasteiger partial charge in [-0.2, -0.15) is 0 Å². The molecule has 0 saturated carbocycles. The molecule has 254 valence electrons. The summed E-state index contributed by atoms with van der Waals surface area (Å²) in [7, 11) is -15.3. The summed E-state index contributed by atoms with van der Waals surface area (Å²) in [6.45, 7) is 0. The SMILES string of the molecule is O=P1(c2ccccc2)c2cc(S(=O)(=O)c3ccccc3)ccc2-c2cc3c(cc21)P(=O)(c1ccccc1)c1cc(S(=O)(=O)c2ccccc2)ccc1-3. The van der Waals surface area contributed by atoms with E-state index in [9.17, 15) is 16.8 Å². The molecule has 6 nitrogen and oxygen atoms in total. The lowest BCUT2D eigenvalue weighted by Gasteiger charge is -2.19. The van der Waals surface area contributed by atoms with Crippen molar-refractivity contribution in [3.05, 3.63) is 170 Å². The molecule has 2 heterocycles. The van der Waals surface area contributed by atoms with E-state index in [-0.39, 0.29) is 19.6 Å². The van der Waals surface area contributed by atoms with Crippen LogP contribution in [-0.4, -0.2) is 16.8 Å². The molecule has 0 fully saturated rings. The summed E-state index contributed by atoms with van der Waals surface area (Å²) in [5.41, 5.74) is 2.56.